The maximum absolute atomic E-state index is 14.5. The number of amides is 1. The van der Waals surface area contributed by atoms with Crippen LogP contribution < -0.4 is 20.3 Å². The molecule has 1 aliphatic heterocycles. The largest absolute Gasteiger partial charge is 0.438 e. The number of hydrogen-bond acceptors (Lipinski definition) is 6. The summed E-state index contributed by atoms with van der Waals surface area (Å²) in [4.78, 5) is 24.1. The fourth-order valence-electron chi connectivity index (χ4n) is 4.61. The number of aromatic nitrogens is 2. The van der Waals surface area contributed by atoms with E-state index in [9.17, 15) is 9.18 Å². The standard InChI is InChI=1S/C30H32FN5O2/c1-3-20(2)33-30-32-14-13-28(35-30)38-27-12-11-26(24-9-5-6-10-25(24)27)34-29(37)21-17-22(31)19-23(18-21)36-15-7-4-8-16-36/h5-6,9-14,17-20H,3-4,7-8,15-16H2,1-2H3,(H,34,37)(H,32,33,35). The molecule has 0 radical (unpaired) electrons. The summed E-state index contributed by atoms with van der Waals surface area (Å²) in [6.07, 6.45) is 5.92. The number of nitrogens with zero attached hydrogens (tertiary/aromatic N) is 3. The quantitative estimate of drug-likeness (QED) is 0.264. The van der Waals surface area contributed by atoms with Gasteiger partial charge in [-0.1, -0.05) is 31.2 Å². The Kier molecular flexibility index (Phi) is 7.67. The molecule has 8 heteroatoms. The Bertz CT molecular complexity index is 1440. The van der Waals surface area contributed by atoms with E-state index in [0.29, 0.717) is 23.3 Å². The van der Waals surface area contributed by atoms with Crippen LogP contribution in [0.3, 0.4) is 0 Å². The summed E-state index contributed by atoms with van der Waals surface area (Å²) in [5.41, 5.74) is 1.65. The van der Waals surface area contributed by atoms with Crippen LogP contribution in [0.15, 0.2) is 66.9 Å². The van der Waals surface area contributed by atoms with Crippen LogP contribution in [-0.4, -0.2) is 35.0 Å². The number of ether oxygens (including phenoxy) is 1. The lowest BCUT2D eigenvalue weighted by Gasteiger charge is -2.29. The Labute approximate surface area is 222 Å². The zero-order chi connectivity index (χ0) is 26.5. The average Bonchev–Trinajstić information content (AvgIpc) is 2.94. The zero-order valence-corrected chi connectivity index (χ0v) is 21.7. The number of benzene rings is 3. The summed E-state index contributed by atoms with van der Waals surface area (Å²) < 4.78 is 20.6. The number of hydrogen-bond donors (Lipinski definition) is 2. The molecule has 1 unspecified atom stereocenters. The van der Waals surface area contributed by atoms with Gasteiger partial charge in [0.05, 0.1) is 0 Å². The number of nitrogens with one attached hydrogen (secondary N) is 2. The van der Waals surface area contributed by atoms with Crippen molar-refractivity contribution < 1.29 is 13.9 Å². The maximum atomic E-state index is 14.5. The van der Waals surface area contributed by atoms with Gasteiger partial charge in [-0.2, -0.15) is 4.98 Å². The van der Waals surface area contributed by atoms with Gasteiger partial charge in [0.15, 0.2) is 0 Å². The Morgan fingerprint density at radius 1 is 1.05 bits per heavy atom. The Balaban J connectivity index is 1.39. The molecule has 1 atom stereocenters. The van der Waals surface area contributed by atoms with E-state index < -0.39 is 5.82 Å². The van der Waals surface area contributed by atoms with Crippen LogP contribution in [0.4, 0.5) is 21.7 Å². The fraction of sp³-hybridized carbons (Fsp3) is 0.300. The van der Waals surface area contributed by atoms with Gasteiger partial charge >= 0.3 is 0 Å². The second-order valence-corrected chi connectivity index (χ2v) is 9.63. The molecule has 1 aromatic heterocycles. The van der Waals surface area contributed by atoms with Crippen LogP contribution in [0, 0.1) is 5.82 Å². The average molecular weight is 514 g/mol. The molecule has 2 N–H and O–H groups in total. The number of carbonyl (C=O) groups excluding carboxylic acids is 1. The maximum Gasteiger partial charge on any atom is 0.255 e. The van der Waals surface area contributed by atoms with Crippen molar-refractivity contribution >= 4 is 34.0 Å². The van der Waals surface area contributed by atoms with Crippen molar-refractivity contribution in [1.29, 1.82) is 0 Å². The van der Waals surface area contributed by atoms with Crippen molar-refractivity contribution in [2.45, 2.75) is 45.6 Å². The Hall–Kier alpha value is -4.20. The second-order valence-electron chi connectivity index (χ2n) is 9.63. The SMILES string of the molecule is CCC(C)Nc1nccc(Oc2ccc(NC(=O)c3cc(F)cc(N4CCCCC4)c3)c3ccccc23)n1. The number of fused-ring (bicyclic) bond motifs is 1. The lowest BCUT2D eigenvalue weighted by atomic mass is 10.1. The van der Waals surface area contributed by atoms with Crippen LogP contribution in [0.5, 0.6) is 11.6 Å². The molecular formula is C30H32FN5O2. The fourth-order valence-corrected chi connectivity index (χ4v) is 4.61. The molecule has 0 spiro atoms. The predicted molar refractivity (Wildman–Crippen MR) is 150 cm³/mol. The topological polar surface area (TPSA) is 79.4 Å². The first kappa shape index (κ1) is 25.4. The highest BCUT2D eigenvalue weighted by molar-refractivity contribution is 6.10. The highest BCUT2D eigenvalue weighted by Crippen LogP contribution is 2.34. The van der Waals surface area contributed by atoms with Crippen molar-refractivity contribution in [2.75, 3.05) is 28.6 Å². The zero-order valence-electron chi connectivity index (χ0n) is 21.7. The normalized spacial score (nSPS) is 14.2. The first-order valence-electron chi connectivity index (χ1n) is 13.2. The summed E-state index contributed by atoms with van der Waals surface area (Å²) in [5.74, 6) is 0.740. The third kappa shape index (κ3) is 5.85. The molecule has 0 bridgehead atoms. The molecule has 1 aliphatic rings. The first-order chi connectivity index (χ1) is 18.5. The minimum atomic E-state index is -0.418. The Morgan fingerprint density at radius 2 is 1.84 bits per heavy atom. The molecule has 196 valence electrons. The molecule has 38 heavy (non-hydrogen) atoms. The summed E-state index contributed by atoms with van der Waals surface area (Å²) >= 11 is 0. The van der Waals surface area contributed by atoms with E-state index >= 15 is 0 Å². The monoisotopic (exact) mass is 513 g/mol. The predicted octanol–water partition coefficient (Wildman–Crippen LogP) is 7.01. The van der Waals surface area contributed by atoms with Crippen LogP contribution in [0.2, 0.25) is 0 Å². The van der Waals surface area contributed by atoms with Gasteiger partial charge in [0, 0.05) is 59.1 Å². The molecule has 4 aromatic rings. The van der Waals surface area contributed by atoms with Crippen molar-refractivity contribution in [3.05, 3.63) is 78.2 Å². The number of anilines is 3. The van der Waals surface area contributed by atoms with Crippen LogP contribution in [0.1, 0.15) is 49.9 Å². The van der Waals surface area contributed by atoms with Gasteiger partial charge in [-0.05, 0) is 62.9 Å². The molecular weight excluding hydrogens is 481 g/mol. The number of piperidine rings is 1. The summed E-state index contributed by atoms with van der Waals surface area (Å²) in [6, 6.07) is 17.7. The summed E-state index contributed by atoms with van der Waals surface area (Å²) in [7, 11) is 0. The minimum absolute atomic E-state index is 0.239. The van der Waals surface area contributed by atoms with E-state index in [1.54, 1.807) is 30.5 Å². The van der Waals surface area contributed by atoms with E-state index in [4.69, 9.17) is 4.74 Å². The van der Waals surface area contributed by atoms with Crippen LogP contribution in [0.25, 0.3) is 10.8 Å². The molecule has 5 rings (SSSR count). The third-order valence-electron chi connectivity index (χ3n) is 6.83. The van der Waals surface area contributed by atoms with Gasteiger partial charge < -0.3 is 20.3 Å². The van der Waals surface area contributed by atoms with Gasteiger partial charge in [-0.3, -0.25) is 4.79 Å². The minimum Gasteiger partial charge on any atom is -0.438 e. The van der Waals surface area contributed by atoms with Crippen molar-refractivity contribution in [3.8, 4) is 11.6 Å². The first-order valence-corrected chi connectivity index (χ1v) is 13.2. The van der Waals surface area contributed by atoms with Crippen LogP contribution >= 0.6 is 0 Å². The summed E-state index contributed by atoms with van der Waals surface area (Å²) in [5, 5.41) is 7.84. The highest BCUT2D eigenvalue weighted by atomic mass is 19.1. The smallest absolute Gasteiger partial charge is 0.255 e. The van der Waals surface area contributed by atoms with E-state index in [2.05, 4.69) is 39.3 Å². The van der Waals surface area contributed by atoms with Gasteiger partial charge in [-0.15, -0.1) is 0 Å². The third-order valence-corrected chi connectivity index (χ3v) is 6.83. The lowest BCUT2D eigenvalue weighted by Crippen LogP contribution is -2.29. The highest BCUT2D eigenvalue weighted by Gasteiger charge is 2.17. The molecule has 1 saturated heterocycles. The molecule has 1 amide bonds. The molecule has 2 heterocycles. The molecule has 1 fully saturated rings. The van der Waals surface area contributed by atoms with Gasteiger partial charge in [0.2, 0.25) is 11.8 Å². The van der Waals surface area contributed by atoms with Crippen molar-refractivity contribution in [3.63, 3.8) is 0 Å². The van der Waals surface area contributed by atoms with E-state index in [1.807, 2.05) is 24.3 Å². The summed E-state index contributed by atoms with van der Waals surface area (Å²) in [6.45, 7) is 5.90. The van der Waals surface area contributed by atoms with Crippen LogP contribution in [-0.2, 0) is 0 Å². The molecule has 0 aliphatic carbocycles. The van der Waals surface area contributed by atoms with Crippen molar-refractivity contribution in [2.24, 2.45) is 0 Å². The Morgan fingerprint density at radius 3 is 2.63 bits per heavy atom. The van der Waals surface area contributed by atoms with Gasteiger partial charge in [-0.25, -0.2) is 9.37 Å². The molecule has 7 nitrogen and oxygen atoms in total. The second kappa shape index (κ2) is 11.5. The van der Waals surface area contributed by atoms with E-state index in [-0.39, 0.29) is 17.5 Å². The van der Waals surface area contributed by atoms with Gasteiger partial charge in [0.25, 0.3) is 5.91 Å². The van der Waals surface area contributed by atoms with E-state index in [0.717, 1.165) is 48.8 Å². The molecule has 0 saturated carbocycles. The van der Waals surface area contributed by atoms with E-state index in [1.165, 1.54) is 18.6 Å². The van der Waals surface area contributed by atoms with Gasteiger partial charge in [0.1, 0.15) is 11.6 Å². The van der Waals surface area contributed by atoms with Crippen molar-refractivity contribution in [1.82, 2.24) is 9.97 Å². The molecule has 3 aromatic carbocycles. The lowest BCUT2D eigenvalue weighted by molar-refractivity contribution is 0.102. The number of carbonyl (C=O) groups is 1. The number of halogens is 1. The number of rotatable bonds is 8.